The summed E-state index contributed by atoms with van der Waals surface area (Å²) in [6.45, 7) is 5.05. The third-order valence-corrected chi connectivity index (χ3v) is 17.5. The first-order valence-electron chi connectivity index (χ1n) is 19.2. The summed E-state index contributed by atoms with van der Waals surface area (Å²) in [6.07, 6.45) is 11.7. The summed E-state index contributed by atoms with van der Waals surface area (Å²) in [5, 5.41) is 12.9. The molecule has 0 radical (unpaired) electrons. The van der Waals surface area contributed by atoms with Crippen LogP contribution >= 0.6 is 0 Å². The number of allylic oxidation sites excluding steroid dienone is 1. The molecule has 0 saturated carbocycles. The molecule has 3 aliphatic rings. The van der Waals surface area contributed by atoms with E-state index in [1.165, 1.54) is 105 Å². The zero-order valence-corrected chi connectivity index (χ0v) is 30.9. The molecule has 0 amide bonds. The molecular formula is C51H40Si. The van der Waals surface area contributed by atoms with Gasteiger partial charge in [0.25, 0.3) is 0 Å². The van der Waals surface area contributed by atoms with Crippen molar-refractivity contribution in [3.63, 3.8) is 0 Å². The van der Waals surface area contributed by atoms with Crippen molar-refractivity contribution in [3.05, 3.63) is 155 Å². The van der Waals surface area contributed by atoms with Gasteiger partial charge < -0.3 is 0 Å². The van der Waals surface area contributed by atoms with Gasteiger partial charge in [-0.15, -0.1) is 0 Å². The maximum atomic E-state index is 2.62. The molecule has 0 N–H and O–H groups in total. The highest BCUT2D eigenvalue weighted by atomic mass is 28.3. The van der Waals surface area contributed by atoms with Crippen molar-refractivity contribution in [2.24, 2.45) is 0 Å². The first kappa shape index (κ1) is 30.2. The lowest BCUT2D eigenvalue weighted by molar-refractivity contribution is 0.991. The minimum absolute atomic E-state index is 1.07. The van der Waals surface area contributed by atoms with Crippen molar-refractivity contribution >= 4 is 62.9 Å². The molecule has 1 aliphatic heterocycles. The zero-order valence-electron chi connectivity index (χ0n) is 29.9. The number of benzene rings is 8. The van der Waals surface area contributed by atoms with E-state index in [1.807, 2.05) is 0 Å². The fraction of sp³-hybridized carbons (Fsp3) is 0.137. The van der Waals surface area contributed by atoms with Gasteiger partial charge in [0.1, 0.15) is 8.07 Å². The van der Waals surface area contributed by atoms with Crippen molar-refractivity contribution in [2.75, 3.05) is 0 Å². The van der Waals surface area contributed by atoms with Crippen LogP contribution in [-0.4, -0.2) is 8.07 Å². The Kier molecular flexibility index (Phi) is 6.52. The van der Waals surface area contributed by atoms with Crippen molar-refractivity contribution < 1.29 is 0 Å². The minimum atomic E-state index is -2.04. The van der Waals surface area contributed by atoms with E-state index in [9.17, 15) is 0 Å². The molecule has 1 unspecified atom stereocenters. The maximum absolute atomic E-state index is 2.62. The number of hydrogen-bond donors (Lipinski definition) is 0. The predicted octanol–water partition coefficient (Wildman–Crippen LogP) is 11.7. The molecule has 1 atom stereocenters. The summed E-state index contributed by atoms with van der Waals surface area (Å²) in [5.41, 5.74) is 15.5. The molecule has 1 heteroatoms. The van der Waals surface area contributed by atoms with E-state index >= 15 is 0 Å². The van der Waals surface area contributed by atoms with E-state index in [2.05, 4.69) is 159 Å². The second-order valence-corrected chi connectivity index (χ2v) is 19.9. The maximum Gasteiger partial charge on any atom is 0.116 e. The van der Waals surface area contributed by atoms with Crippen LogP contribution in [0.25, 0.3) is 89.0 Å². The monoisotopic (exact) mass is 680 g/mol. The van der Waals surface area contributed by atoms with Gasteiger partial charge in [0, 0.05) is 0 Å². The van der Waals surface area contributed by atoms with Gasteiger partial charge in [-0.05, 0) is 135 Å². The van der Waals surface area contributed by atoms with Gasteiger partial charge in [-0.25, -0.2) is 0 Å². The van der Waals surface area contributed by atoms with Crippen LogP contribution in [0.4, 0.5) is 0 Å². The summed E-state index contributed by atoms with van der Waals surface area (Å²) in [4.78, 5) is 0. The highest BCUT2D eigenvalue weighted by Crippen LogP contribution is 2.46. The second kappa shape index (κ2) is 11.2. The molecule has 248 valence electrons. The van der Waals surface area contributed by atoms with Crippen molar-refractivity contribution in [1.29, 1.82) is 0 Å². The largest absolute Gasteiger partial charge is 0.116 e. The summed E-state index contributed by atoms with van der Waals surface area (Å²) >= 11 is 0. The Bertz CT molecular complexity index is 2890. The number of rotatable bonds is 4. The zero-order chi connectivity index (χ0) is 34.6. The molecule has 1 heterocycles. The van der Waals surface area contributed by atoms with E-state index in [0.717, 1.165) is 25.7 Å². The molecule has 11 rings (SSSR count). The average molecular weight is 681 g/mol. The number of aryl methyl sites for hydroxylation is 1. The van der Waals surface area contributed by atoms with Crippen molar-refractivity contribution in [2.45, 2.75) is 45.2 Å². The summed E-state index contributed by atoms with van der Waals surface area (Å²) in [7, 11) is -2.04. The molecule has 8 aromatic rings. The highest BCUT2D eigenvalue weighted by molar-refractivity contribution is 7.04. The van der Waals surface area contributed by atoms with Gasteiger partial charge >= 0.3 is 0 Å². The molecule has 2 aliphatic carbocycles. The van der Waals surface area contributed by atoms with Gasteiger partial charge in [0.2, 0.25) is 0 Å². The molecule has 0 aromatic heterocycles. The molecule has 8 aromatic carbocycles. The molecule has 0 saturated heterocycles. The van der Waals surface area contributed by atoms with E-state index in [4.69, 9.17) is 0 Å². The first-order valence-corrected chi connectivity index (χ1v) is 21.9. The summed E-state index contributed by atoms with van der Waals surface area (Å²) in [5.74, 6) is 0. The summed E-state index contributed by atoms with van der Waals surface area (Å²) < 4.78 is 0. The number of hydrogen-bond acceptors (Lipinski definition) is 0. The lowest BCUT2D eigenvalue weighted by atomic mass is 9.80. The Balaban J connectivity index is 1.09. The van der Waals surface area contributed by atoms with Crippen LogP contribution in [0.5, 0.6) is 0 Å². The highest BCUT2D eigenvalue weighted by Gasteiger charge is 2.40. The molecule has 0 fully saturated rings. The molecular weight excluding hydrogens is 641 g/mol. The Morgan fingerprint density at radius 3 is 2.08 bits per heavy atom. The normalized spacial score (nSPS) is 17.0. The Hall–Kier alpha value is -5.50. The van der Waals surface area contributed by atoms with Gasteiger partial charge in [-0.3, -0.25) is 0 Å². The Morgan fingerprint density at radius 2 is 1.27 bits per heavy atom. The van der Waals surface area contributed by atoms with Crippen LogP contribution < -0.4 is 15.6 Å². The SMILES string of the molecule is CC[Si]1(C)c2cc(-c3c4c(c(-c5ccccc5)c5ccccc35)CCC=C4)ccc2-c2ccc(-c3ccc4ccc5c6c(ccc3c46)CCC=5)cc21. The molecule has 0 spiro atoms. The topological polar surface area (TPSA) is 0 Å². The van der Waals surface area contributed by atoms with E-state index in [-0.39, 0.29) is 0 Å². The van der Waals surface area contributed by atoms with Crippen molar-refractivity contribution in [1.82, 2.24) is 0 Å². The fourth-order valence-electron chi connectivity index (χ4n) is 10.2. The van der Waals surface area contributed by atoms with E-state index in [0.29, 0.717) is 0 Å². The molecule has 0 nitrogen and oxygen atoms in total. The average Bonchev–Trinajstić information content (AvgIpc) is 3.46. The third-order valence-electron chi connectivity index (χ3n) is 12.9. The minimum Gasteiger partial charge on any atom is -0.0836 e. The van der Waals surface area contributed by atoms with E-state index in [1.54, 1.807) is 10.4 Å². The van der Waals surface area contributed by atoms with Crippen molar-refractivity contribution in [3.8, 4) is 44.5 Å². The van der Waals surface area contributed by atoms with Gasteiger partial charge in [0.05, 0.1) is 0 Å². The van der Waals surface area contributed by atoms with Gasteiger partial charge in [-0.2, -0.15) is 0 Å². The van der Waals surface area contributed by atoms with Crippen LogP contribution in [0, 0.1) is 0 Å². The smallest absolute Gasteiger partial charge is 0.0836 e. The quantitative estimate of drug-likeness (QED) is 0.162. The molecule has 0 bridgehead atoms. The Morgan fingerprint density at radius 1 is 0.558 bits per heavy atom. The lowest BCUT2D eigenvalue weighted by Crippen LogP contribution is -2.51. The van der Waals surface area contributed by atoms with Gasteiger partial charge in [0.15, 0.2) is 0 Å². The first-order chi connectivity index (χ1) is 25.6. The van der Waals surface area contributed by atoms with Crippen LogP contribution in [-0.2, 0) is 12.8 Å². The van der Waals surface area contributed by atoms with Crippen LogP contribution in [0.1, 0.15) is 36.5 Å². The van der Waals surface area contributed by atoms with Crippen LogP contribution in [0.3, 0.4) is 0 Å². The van der Waals surface area contributed by atoms with Crippen LogP contribution in [0.2, 0.25) is 12.6 Å². The lowest BCUT2D eigenvalue weighted by Gasteiger charge is -2.26. The summed E-state index contributed by atoms with van der Waals surface area (Å²) in [6, 6.07) is 50.5. The molecule has 52 heavy (non-hydrogen) atoms. The third kappa shape index (κ3) is 4.15. The number of fused-ring (bicyclic) bond motifs is 5. The van der Waals surface area contributed by atoms with Crippen LogP contribution in [0.15, 0.2) is 133 Å². The van der Waals surface area contributed by atoms with Gasteiger partial charge in [-0.1, -0.05) is 165 Å². The Labute approximate surface area is 306 Å². The standard InChI is InChI=1S/C51H40Si/c1-3-52(2)46-30-36(38-26-22-35-21-20-33-14-11-15-34-23-29-45(38)51(35)48(33)34)24-27-39(46)40-28-25-37(31-47(40)52)50-43-18-9-7-16-41(43)49(32-12-5-4-6-13-32)42-17-8-10-19-44(42)50/h4-7,9-10,12-14,16,18-31H,3,8,11,15,17H2,1-2H3. The van der Waals surface area contributed by atoms with E-state index < -0.39 is 8.07 Å². The predicted molar refractivity (Wildman–Crippen MR) is 227 cm³/mol. The second-order valence-electron chi connectivity index (χ2n) is 15.5. The fourth-order valence-corrected chi connectivity index (χ4v) is 13.8.